The molecule has 1 fully saturated rings. The molecule has 0 aromatic rings. The van der Waals surface area contributed by atoms with Gasteiger partial charge in [-0.2, -0.15) is 5.26 Å². The molecule has 0 unspecified atom stereocenters. The van der Waals surface area contributed by atoms with E-state index in [4.69, 9.17) is 5.26 Å². The maximum absolute atomic E-state index is 11.9. The van der Waals surface area contributed by atoms with Gasteiger partial charge in [0.25, 0.3) is 0 Å². The van der Waals surface area contributed by atoms with E-state index in [-0.39, 0.29) is 17.2 Å². The minimum atomic E-state index is 0.0587. The zero-order valence-electron chi connectivity index (χ0n) is 9.92. The molecule has 3 nitrogen and oxygen atoms in total. The van der Waals surface area contributed by atoms with Crippen LogP contribution in [0.2, 0.25) is 0 Å². The molecule has 0 spiro atoms. The van der Waals surface area contributed by atoms with Gasteiger partial charge in [0.2, 0.25) is 5.91 Å². The van der Waals surface area contributed by atoms with Gasteiger partial charge in [0, 0.05) is 25.4 Å². The molecule has 0 N–H and O–H groups in total. The summed E-state index contributed by atoms with van der Waals surface area (Å²) in [6, 6.07) is 2.27. The maximum atomic E-state index is 11.9. The largest absolute Gasteiger partial charge is 0.343 e. The van der Waals surface area contributed by atoms with Crippen molar-refractivity contribution >= 4 is 5.91 Å². The summed E-state index contributed by atoms with van der Waals surface area (Å²) in [6.45, 7) is 7.74. The number of likely N-dealkylation sites (tertiary alicyclic amines) is 1. The third-order valence-electron chi connectivity index (χ3n) is 2.71. The van der Waals surface area contributed by atoms with Crippen molar-refractivity contribution in [2.75, 3.05) is 13.1 Å². The Bertz CT molecular complexity index is 264. The summed E-state index contributed by atoms with van der Waals surface area (Å²) in [5.74, 6) is 0.391. The van der Waals surface area contributed by atoms with Gasteiger partial charge in [-0.25, -0.2) is 0 Å². The van der Waals surface area contributed by atoms with Gasteiger partial charge >= 0.3 is 0 Å². The molecule has 1 rings (SSSR count). The predicted octanol–water partition coefficient (Wildman–Crippen LogP) is 2.18. The number of amides is 1. The summed E-state index contributed by atoms with van der Waals surface area (Å²) in [6.07, 6.45) is 2.28. The quantitative estimate of drug-likeness (QED) is 0.663. The Balaban J connectivity index is 2.41. The molecule has 1 heterocycles. The van der Waals surface area contributed by atoms with Crippen LogP contribution in [-0.2, 0) is 4.79 Å². The first-order valence-corrected chi connectivity index (χ1v) is 5.60. The molecule has 84 valence electrons. The van der Waals surface area contributed by atoms with Crippen LogP contribution in [0.5, 0.6) is 0 Å². The maximum Gasteiger partial charge on any atom is 0.223 e. The van der Waals surface area contributed by atoms with Crippen molar-refractivity contribution in [1.29, 1.82) is 5.26 Å². The van der Waals surface area contributed by atoms with Crippen LogP contribution in [0.1, 0.15) is 40.0 Å². The summed E-state index contributed by atoms with van der Waals surface area (Å²) >= 11 is 0. The fraction of sp³-hybridized carbons (Fsp3) is 0.833. The summed E-state index contributed by atoms with van der Waals surface area (Å²) in [7, 11) is 0. The molecule has 1 aliphatic heterocycles. The monoisotopic (exact) mass is 208 g/mol. The van der Waals surface area contributed by atoms with Crippen molar-refractivity contribution in [3.8, 4) is 6.07 Å². The highest BCUT2D eigenvalue weighted by molar-refractivity contribution is 5.76. The number of carbonyl (C=O) groups is 1. The molecule has 0 aromatic heterocycles. The third kappa shape index (κ3) is 3.91. The van der Waals surface area contributed by atoms with E-state index in [1.54, 1.807) is 0 Å². The average molecular weight is 208 g/mol. The molecule has 1 saturated heterocycles. The lowest BCUT2D eigenvalue weighted by Gasteiger charge is -2.31. The van der Waals surface area contributed by atoms with Crippen molar-refractivity contribution < 1.29 is 4.79 Å². The van der Waals surface area contributed by atoms with Crippen LogP contribution in [0, 0.1) is 22.7 Å². The molecular weight excluding hydrogens is 188 g/mol. The number of hydrogen-bond acceptors (Lipinski definition) is 2. The highest BCUT2D eigenvalue weighted by atomic mass is 16.2. The van der Waals surface area contributed by atoms with Gasteiger partial charge in [0.05, 0.1) is 6.07 Å². The molecule has 0 saturated carbocycles. The summed E-state index contributed by atoms with van der Waals surface area (Å²) in [5.41, 5.74) is 0.0587. The smallest absolute Gasteiger partial charge is 0.223 e. The van der Waals surface area contributed by atoms with E-state index in [0.29, 0.717) is 6.42 Å². The fourth-order valence-electron chi connectivity index (χ4n) is 1.82. The van der Waals surface area contributed by atoms with Crippen molar-refractivity contribution in [1.82, 2.24) is 4.90 Å². The highest BCUT2D eigenvalue weighted by Gasteiger charge is 2.25. The van der Waals surface area contributed by atoms with Crippen molar-refractivity contribution in [3.63, 3.8) is 0 Å². The standard InChI is InChI=1S/C12H20N2O/c1-12(2,3)8-11(15)14-6-4-10(9-13)5-7-14/h10H,4-8H2,1-3H3. The first kappa shape index (κ1) is 12.0. The molecule has 15 heavy (non-hydrogen) atoms. The normalized spacial score (nSPS) is 18.7. The van der Waals surface area contributed by atoms with Crippen LogP contribution in [0.3, 0.4) is 0 Å². The van der Waals surface area contributed by atoms with E-state index in [0.717, 1.165) is 25.9 Å². The number of hydrogen-bond donors (Lipinski definition) is 0. The van der Waals surface area contributed by atoms with Gasteiger partial charge in [-0.05, 0) is 18.3 Å². The van der Waals surface area contributed by atoms with Gasteiger partial charge in [0.1, 0.15) is 0 Å². The second-order valence-electron chi connectivity index (χ2n) is 5.52. The Morgan fingerprint density at radius 3 is 2.33 bits per heavy atom. The number of piperidine rings is 1. The molecular formula is C12H20N2O. The van der Waals surface area contributed by atoms with Crippen molar-refractivity contribution in [3.05, 3.63) is 0 Å². The van der Waals surface area contributed by atoms with Crippen LogP contribution in [-0.4, -0.2) is 23.9 Å². The summed E-state index contributed by atoms with van der Waals surface area (Å²) in [4.78, 5) is 13.8. The van der Waals surface area contributed by atoms with E-state index in [1.807, 2.05) is 4.90 Å². The van der Waals surface area contributed by atoms with Crippen molar-refractivity contribution in [2.45, 2.75) is 40.0 Å². The molecule has 3 heteroatoms. The first-order valence-electron chi connectivity index (χ1n) is 5.60. The summed E-state index contributed by atoms with van der Waals surface area (Å²) in [5, 5.41) is 8.75. The first-order chi connectivity index (χ1) is 6.92. The molecule has 0 radical (unpaired) electrons. The minimum absolute atomic E-state index is 0.0587. The number of rotatable bonds is 1. The van der Waals surface area contributed by atoms with Crippen LogP contribution in [0.4, 0.5) is 0 Å². The molecule has 0 aliphatic carbocycles. The molecule has 1 amide bonds. The zero-order valence-corrected chi connectivity index (χ0v) is 9.92. The lowest BCUT2D eigenvalue weighted by molar-refractivity contribution is -0.134. The van der Waals surface area contributed by atoms with E-state index < -0.39 is 0 Å². The summed E-state index contributed by atoms with van der Waals surface area (Å²) < 4.78 is 0. The van der Waals surface area contributed by atoms with E-state index in [1.165, 1.54) is 0 Å². The van der Waals surface area contributed by atoms with Crippen LogP contribution in [0.25, 0.3) is 0 Å². The van der Waals surface area contributed by atoms with Crippen molar-refractivity contribution in [2.24, 2.45) is 11.3 Å². The molecule has 1 aliphatic rings. The molecule has 0 atom stereocenters. The predicted molar refractivity (Wildman–Crippen MR) is 59.0 cm³/mol. The van der Waals surface area contributed by atoms with Crippen LogP contribution in [0.15, 0.2) is 0 Å². The van der Waals surface area contributed by atoms with Gasteiger partial charge in [0.15, 0.2) is 0 Å². The Kier molecular flexibility index (Phi) is 3.73. The van der Waals surface area contributed by atoms with E-state index >= 15 is 0 Å². The van der Waals surface area contributed by atoms with Gasteiger partial charge in [-0.15, -0.1) is 0 Å². The molecule has 0 bridgehead atoms. The lowest BCUT2D eigenvalue weighted by Crippen LogP contribution is -2.39. The van der Waals surface area contributed by atoms with Crippen LogP contribution < -0.4 is 0 Å². The van der Waals surface area contributed by atoms with Gasteiger partial charge in [-0.1, -0.05) is 20.8 Å². The SMILES string of the molecule is CC(C)(C)CC(=O)N1CCC(C#N)CC1. The molecule has 0 aromatic carbocycles. The Hall–Kier alpha value is -1.04. The van der Waals surface area contributed by atoms with Gasteiger partial charge in [-0.3, -0.25) is 4.79 Å². The van der Waals surface area contributed by atoms with E-state index in [2.05, 4.69) is 26.8 Å². The number of nitriles is 1. The number of carbonyl (C=O) groups excluding carboxylic acids is 1. The van der Waals surface area contributed by atoms with Gasteiger partial charge < -0.3 is 4.90 Å². The average Bonchev–Trinajstić information content (AvgIpc) is 2.15. The second-order valence-corrected chi connectivity index (χ2v) is 5.52. The Morgan fingerprint density at radius 1 is 1.40 bits per heavy atom. The Morgan fingerprint density at radius 2 is 1.93 bits per heavy atom. The highest BCUT2D eigenvalue weighted by Crippen LogP contribution is 2.22. The third-order valence-corrected chi connectivity index (χ3v) is 2.71. The second kappa shape index (κ2) is 4.65. The number of nitrogens with zero attached hydrogens (tertiary/aromatic N) is 2. The van der Waals surface area contributed by atoms with E-state index in [9.17, 15) is 4.79 Å². The topological polar surface area (TPSA) is 44.1 Å². The zero-order chi connectivity index (χ0) is 11.5. The minimum Gasteiger partial charge on any atom is -0.343 e. The van der Waals surface area contributed by atoms with Crippen LogP contribution >= 0.6 is 0 Å². The Labute approximate surface area is 92.1 Å². The lowest BCUT2D eigenvalue weighted by atomic mass is 9.90. The fourth-order valence-corrected chi connectivity index (χ4v) is 1.82.